The van der Waals surface area contributed by atoms with Crippen LogP contribution in [0.3, 0.4) is 0 Å². The summed E-state index contributed by atoms with van der Waals surface area (Å²) in [6.45, 7) is 4.32. The van der Waals surface area contributed by atoms with E-state index in [4.69, 9.17) is 10.5 Å². The summed E-state index contributed by atoms with van der Waals surface area (Å²) in [5.74, 6) is 0.0702. The maximum atomic E-state index is 12.0. The van der Waals surface area contributed by atoms with Crippen molar-refractivity contribution in [2.75, 3.05) is 26.2 Å². The van der Waals surface area contributed by atoms with Crippen molar-refractivity contribution in [2.24, 2.45) is 5.73 Å². The van der Waals surface area contributed by atoms with Crippen LogP contribution >= 0.6 is 0 Å². The van der Waals surface area contributed by atoms with E-state index in [2.05, 4.69) is 0 Å². The van der Waals surface area contributed by atoms with E-state index in [0.717, 1.165) is 32.2 Å². The molecule has 0 bridgehead atoms. The molecule has 6 nitrogen and oxygen atoms in total. The maximum Gasteiger partial charge on any atom is 0.409 e. The SMILES string of the molecule is CCOC(=O)N1CCC(N2CCCC(N)C2=O)CC1. The minimum atomic E-state index is -0.336. The monoisotopic (exact) mass is 269 g/mol. The van der Waals surface area contributed by atoms with E-state index in [9.17, 15) is 9.59 Å². The summed E-state index contributed by atoms with van der Waals surface area (Å²) in [6.07, 6.45) is 3.15. The Morgan fingerprint density at radius 2 is 2.00 bits per heavy atom. The molecule has 2 aliphatic heterocycles. The second-order valence-corrected chi connectivity index (χ2v) is 5.20. The maximum absolute atomic E-state index is 12.0. The molecule has 1 atom stereocenters. The van der Waals surface area contributed by atoms with Crippen LogP contribution in [0, 0.1) is 0 Å². The van der Waals surface area contributed by atoms with Gasteiger partial charge in [0.2, 0.25) is 5.91 Å². The Morgan fingerprint density at radius 3 is 2.63 bits per heavy atom. The van der Waals surface area contributed by atoms with Gasteiger partial charge in [-0.15, -0.1) is 0 Å². The van der Waals surface area contributed by atoms with Gasteiger partial charge in [-0.2, -0.15) is 0 Å². The van der Waals surface area contributed by atoms with Crippen LogP contribution in [0.25, 0.3) is 0 Å². The van der Waals surface area contributed by atoms with E-state index in [-0.39, 0.29) is 24.1 Å². The lowest BCUT2D eigenvalue weighted by molar-refractivity contribution is -0.138. The summed E-state index contributed by atoms with van der Waals surface area (Å²) in [5, 5.41) is 0. The van der Waals surface area contributed by atoms with Gasteiger partial charge in [-0.3, -0.25) is 4.79 Å². The summed E-state index contributed by atoms with van der Waals surface area (Å²) >= 11 is 0. The molecule has 2 rings (SSSR count). The minimum Gasteiger partial charge on any atom is -0.450 e. The standard InChI is InChI=1S/C13H23N3O3/c1-2-19-13(18)15-8-5-10(6-9-15)16-7-3-4-11(14)12(16)17/h10-11H,2-9,14H2,1H3. The molecule has 0 saturated carbocycles. The third kappa shape index (κ3) is 3.18. The van der Waals surface area contributed by atoms with E-state index in [1.54, 1.807) is 11.8 Å². The highest BCUT2D eigenvalue weighted by molar-refractivity contribution is 5.82. The van der Waals surface area contributed by atoms with Gasteiger partial charge in [0.05, 0.1) is 12.6 Å². The van der Waals surface area contributed by atoms with Crippen molar-refractivity contribution < 1.29 is 14.3 Å². The summed E-state index contributed by atoms with van der Waals surface area (Å²) in [6, 6.07) is -0.110. The van der Waals surface area contributed by atoms with E-state index >= 15 is 0 Å². The first-order valence-electron chi connectivity index (χ1n) is 7.11. The van der Waals surface area contributed by atoms with E-state index < -0.39 is 0 Å². The van der Waals surface area contributed by atoms with Crippen LogP contribution < -0.4 is 5.73 Å². The van der Waals surface area contributed by atoms with Gasteiger partial charge in [-0.1, -0.05) is 0 Å². The smallest absolute Gasteiger partial charge is 0.409 e. The zero-order valence-corrected chi connectivity index (χ0v) is 11.5. The Morgan fingerprint density at radius 1 is 1.32 bits per heavy atom. The van der Waals surface area contributed by atoms with Crippen molar-refractivity contribution in [2.45, 2.75) is 44.7 Å². The second-order valence-electron chi connectivity index (χ2n) is 5.20. The number of amides is 2. The molecular weight excluding hydrogens is 246 g/mol. The average Bonchev–Trinajstić information content (AvgIpc) is 2.42. The molecule has 19 heavy (non-hydrogen) atoms. The van der Waals surface area contributed by atoms with Gasteiger partial charge in [0, 0.05) is 25.7 Å². The van der Waals surface area contributed by atoms with Crippen LogP contribution in [-0.4, -0.2) is 60.1 Å². The molecule has 6 heteroatoms. The second kappa shape index (κ2) is 6.23. The highest BCUT2D eigenvalue weighted by Crippen LogP contribution is 2.21. The lowest BCUT2D eigenvalue weighted by Gasteiger charge is -2.41. The van der Waals surface area contributed by atoms with Crippen molar-refractivity contribution in [1.82, 2.24) is 9.80 Å². The van der Waals surface area contributed by atoms with Crippen LogP contribution in [0.5, 0.6) is 0 Å². The van der Waals surface area contributed by atoms with Crippen LogP contribution in [0.1, 0.15) is 32.6 Å². The zero-order chi connectivity index (χ0) is 13.8. The number of nitrogens with zero attached hydrogens (tertiary/aromatic N) is 2. The third-order valence-electron chi connectivity index (χ3n) is 3.95. The van der Waals surface area contributed by atoms with Crippen molar-refractivity contribution in [3.05, 3.63) is 0 Å². The quantitative estimate of drug-likeness (QED) is 0.794. The fourth-order valence-corrected chi connectivity index (χ4v) is 2.87. The molecule has 0 aromatic heterocycles. The Bertz CT molecular complexity index is 340. The number of hydrogen-bond donors (Lipinski definition) is 1. The van der Waals surface area contributed by atoms with Crippen molar-refractivity contribution in [3.8, 4) is 0 Å². The number of carbonyl (C=O) groups is 2. The predicted molar refractivity (Wildman–Crippen MR) is 70.5 cm³/mol. The van der Waals surface area contributed by atoms with Gasteiger partial charge in [-0.25, -0.2) is 4.79 Å². The van der Waals surface area contributed by atoms with E-state index in [1.165, 1.54) is 0 Å². The number of nitrogens with two attached hydrogens (primary N) is 1. The fourth-order valence-electron chi connectivity index (χ4n) is 2.87. The Kier molecular flexibility index (Phi) is 4.63. The van der Waals surface area contributed by atoms with Gasteiger partial charge in [0.15, 0.2) is 0 Å². The third-order valence-corrected chi connectivity index (χ3v) is 3.95. The molecule has 2 saturated heterocycles. The number of rotatable bonds is 2. The normalized spacial score (nSPS) is 25.6. The van der Waals surface area contributed by atoms with Crippen molar-refractivity contribution in [3.63, 3.8) is 0 Å². The van der Waals surface area contributed by atoms with Gasteiger partial charge in [-0.05, 0) is 32.6 Å². The molecule has 1 unspecified atom stereocenters. The number of likely N-dealkylation sites (tertiary alicyclic amines) is 2. The lowest BCUT2D eigenvalue weighted by atomic mass is 9.98. The highest BCUT2D eigenvalue weighted by Gasteiger charge is 2.34. The first kappa shape index (κ1) is 14.1. The van der Waals surface area contributed by atoms with Crippen LogP contribution in [0.15, 0.2) is 0 Å². The first-order valence-corrected chi connectivity index (χ1v) is 7.11. The largest absolute Gasteiger partial charge is 0.450 e. The zero-order valence-electron chi connectivity index (χ0n) is 11.5. The molecule has 2 aliphatic rings. The molecule has 0 aromatic rings. The van der Waals surface area contributed by atoms with Crippen LogP contribution in [0.2, 0.25) is 0 Å². The van der Waals surface area contributed by atoms with Crippen molar-refractivity contribution in [1.29, 1.82) is 0 Å². The minimum absolute atomic E-state index is 0.0702. The van der Waals surface area contributed by atoms with E-state index in [0.29, 0.717) is 19.7 Å². The molecule has 0 spiro atoms. The Hall–Kier alpha value is -1.30. The van der Waals surface area contributed by atoms with Gasteiger partial charge in [0.1, 0.15) is 0 Å². The van der Waals surface area contributed by atoms with E-state index in [1.807, 2.05) is 4.90 Å². The first-order chi connectivity index (χ1) is 9.13. The fraction of sp³-hybridized carbons (Fsp3) is 0.846. The van der Waals surface area contributed by atoms with Crippen LogP contribution in [-0.2, 0) is 9.53 Å². The number of hydrogen-bond acceptors (Lipinski definition) is 4. The van der Waals surface area contributed by atoms with Gasteiger partial charge < -0.3 is 20.3 Å². The number of carbonyl (C=O) groups excluding carboxylic acids is 2. The summed E-state index contributed by atoms with van der Waals surface area (Å²) in [7, 11) is 0. The average molecular weight is 269 g/mol. The molecule has 0 aromatic carbocycles. The lowest BCUT2D eigenvalue weighted by Crippen LogP contribution is -2.55. The van der Waals surface area contributed by atoms with Gasteiger partial charge >= 0.3 is 6.09 Å². The molecule has 0 radical (unpaired) electrons. The van der Waals surface area contributed by atoms with Crippen LogP contribution in [0.4, 0.5) is 4.79 Å². The summed E-state index contributed by atoms with van der Waals surface area (Å²) in [5.41, 5.74) is 5.81. The topological polar surface area (TPSA) is 75.9 Å². The Labute approximate surface area is 113 Å². The molecule has 108 valence electrons. The van der Waals surface area contributed by atoms with Gasteiger partial charge in [0.25, 0.3) is 0 Å². The summed E-state index contributed by atoms with van der Waals surface area (Å²) in [4.78, 5) is 27.3. The predicted octanol–water partition coefficient (Wildman–Crippen LogP) is 0.557. The van der Waals surface area contributed by atoms with Crippen molar-refractivity contribution >= 4 is 12.0 Å². The Balaban J connectivity index is 1.86. The number of piperidine rings is 2. The number of ether oxygens (including phenoxy) is 1. The summed E-state index contributed by atoms with van der Waals surface area (Å²) < 4.78 is 4.99. The highest BCUT2D eigenvalue weighted by atomic mass is 16.6. The molecule has 2 heterocycles. The molecule has 2 fully saturated rings. The molecule has 2 N–H and O–H groups in total. The molecular formula is C13H23N3O3. The molecule has 0 aliphatic carbocycles. The molecule has 2 amide bonds.